The molecule has 0 spiro atoms. The standard InChI is InChI=1S/C31H28N6O4/c1-36(2)17-7-12-25(38)33-24-11-6-10-22-23(24)18-40-31-26(22)28-27(30(39)34-31)29(32)37(35-28)19-13-15-21(16-14-19)41-20-8-4-3-5-9-20/h3-16H,17-18,32H2,1-2H3,(H,33,38)(H,34,39)/b12-7+. The van der Waals surface area contributed by atoms with Gasteiger partial charge in [0, 0.05) is 23.9 Å². The molecule has 41 heavy (non-hydrogen) atoms. The molecule has 5 aromatic rings. The lowest BCUT2D eigenvalue weighted by atomic mass is 9.96. The summed E-state index contributed by atoms with van der Waals surface area (Å²) in [6.45, 7) is 0.815. The summed E-state index contributed by atoms with van der Waals surface area (Å²) in [5, 5.41) is 7.96. The summed E-state index contributed by atoms with van der Waals surface area (Å²) in [4.78, 5) is 30.4. The van der Waals surface area contributed by atoms with Crippen molar-refractivity contribution in [3.05, 3.63) is 101 Å². The number of likely N-dealkylation sites (N-methyl/N-ethyl adjacent to an activating group) is 1. The first-order valence-corrected chi connectivity index (χ1v) is 13.0. The number of nitrogen functional groups attached to an aromatic ring is 1. The van der Waals surface area contributed by atoms with Crippen LogP contribution in [0.5, 0.6) is 17.4 Å². The van der Waals surface area contributed by atoms with Gasteiger partial charge in [-0.1, -0.05) is 36.4 Å². The molecule has 10 nitrogen and oxygen atoms in total. The van der Waals surface area contributed by atoms with Crippen molar-refractivity contribution in [3.63, 3.8) is 0 Å². The third kappa shape index (κ3) is 5.04. The Balaban J connectivity index is 1.38. The maximum absolute atomic E-state index is 13.1. The van der Waals surface area contributed by atoms with Crippen molar-refractivity contribution >= 4 is 28.3 Å². The fourth-order valence-corrected chi connectivity index (χ4v) is 4.78. The topological polar surface area (TPSA) is 128 Å². The van der Waals surface area contributed by atoms with Crippen LogP contribution in [0.1, 0.15) is 5.56 Å². The summed E-state index contributed by atoms with van der Waals surface area (Å²) in [5.74, 6) is 1.63. The third-order valence-electron chi connectivity index (χ3n) is 6.70. The second-order valence-corrected chi connectivity index (χ2v) is 9.86. The van der Waals surface area contributed by atoms with E-state index in [1.54, 1.807) is 6.08 Å². The highest BCUT2D eigenvalue weighted by molar-refractivity contribution is 6.04. The lowest BCUT2D eigenvalue weighted by Gasteiger charge is -2.22. The number of fused-ring (bicyclic) bond motifs is 5. The zero-order chi connectivity index (χ0) is 28.5. The molecule has 1 amide bonds. The Kier molecular flexibility index (Phi) is 6.74. The maximum Gasteiger partial charge on any atom is 0.264 e. The van der Waals surface area contributed by atoms with Crippen LogP contribution in [0, 0.1) is 0 Å². The number of pyridine rings is 1. The smallest absolute Gasteiger partial charge is 0.264 e. The molecule has 0 fully saturated rings. The number of carbonyl (C=O) groups is 1. The molecule has 0 radical (unpaired) electrons. The van der Waals surface area contributed by atoms with Gasteiger partial charge in [-0.3, -0.25) is 14.6 Å². The van der Waals surface area contributed by atoms with Crippen LogP contribution in [0.2, 0.25) is 0 Å². The molecule has 3 aromatic carbocycles. The minimum atomic E-state index is -0.398. The monoisotopic (exact) mass is 548 g/mol. The van der Waals surface area contributed by atoms with Gasteiger partial charge in [-0.25, -0.2) is 4.68 Å². The van der Waals surface area contributed by atoms with Gasteiger partial charge in [0.05, 0.1) is 11.3 Å². The fraction of sp³-hybridized carbons (Fsp3) is 0.129. The third-order valence-corrected chi connectivity index (χ3v) is 6.70. The molecule has 10 heteroatoms. The van der Waals surface area contributed by atoms with E-state index in [-0.39, 0.29) is 23.7 Å². The molecule has 1 aliphatic rings. The largest absolute Gasteiger partial charge is 0.473 e. The molecule has 206 valence electrons. The number of rotatable bonds is 7. The lowest BCUT2D eigenvalue weighted by Crippen LogP contribution is -2.17. The van der Waals surface area contributed by atoms with Gasteiger partial charge >= 0.3 is 0 Å². The molecule has 6 rings (SSSR count). The Hall–Kier alpha value is -5.35. The molecule has 0 unspecified atom stereocenters. The fourth-order valence-electron chi connectivity index (χ4n) is 4.78. The van der Waals surface area contributed by atoms with E-state index in [0.29, 0.717) is 40.6 Å². The van der Waals surface area contributed by atoms with Gasteiger partial charge in [0.15, 0.2) is 0 Å². The molecule has 0 aliphatic carbocycles. The van der Waals surface area contributed by atoms with Crippen molar-refractivity contribution in [1.29, 1.82) is 0 Å². The van der Waals surface area contributed by atoms with Gasteiger partial charge in [0.25, 0.3) is 5.56 Å². The molecular formula is C31H28N6O4. The Morgan fingerprint density at radius 2 is 1.85 bits per heavy atom. The minimum Gasteiger partial charge on any atom is -0.473 e. The van der Waals surface area contributed by atoms with Crippen LogP contribution >= 0.6 is 0 Å². The van der Waals surface area contributed by atoms with Gasteiger partial charge < -0.3 is 25.4 Å². The predicted molar refractivity (Wildman–Crippen MR) is 159 cm³/mol. The number of aromatic amines is 1. The molecule has 4 N–H and O–H groups in total. The number of carbonyl (C=O) groups excluding carboxylic acids is 1. The van der Waals surface area contributed by atoms with E-state index >= 15 is 0 Å². The number of ether oxygens (including phenoxy) is 2. The number of nitrogens with two attached hydrogens (primary N) is 1. The number of nitrogens with one attached hydrogen (secondary N) is 2. The zero-order valence-corrected chi connectivity index (χ0v) is 22.5. The Morgan fingerprint density at radius 3 is 2.61 bits per heavy atom. The van der Waals surface area contributed by atoms with Gasteiger partial charge in [0.1, 0.15) is 34.8 Å². The molecule has 2 aromatic heterocycles. The number of benzene rings is 3. The van der Waals surface area contributed by atoms with Gasteiger partial charge in [0.2, 0.25) is 11.8 Å². The van der Waals surface area contributed by atoms with Crippen LogP contribution in [0.25, 0.3) is 27.7 Å². The van der Waals surface area contributed by atoms with Crippen LogP contribution < -0.4 is 26.1 Å². The summed E-state index contributed by atoms with van der Waals surface area (Å²) in [6, 6.07) is 22.3. The second-order valence-electron chi connectivity index (χ2n) is 9.86. The van der Waals surface area contributed by atoms with Gasteiger partial charge in [-0.2, -0.15) is 5.10 Å². The number of aromatic nitrogens is 3. The highest BCUT2D eigenvalue weighted by Gasteiger charge is 2.28. The van der Waals surface area contributed by atoms with Crippen LogP contribution in [-0.4, -0.2) is 46.2 Å². The molecule has 0 atom stereocenters. The molecule has 0 bridgehead atoms. The number of anilines is 2. The summed E-state index contributed by atoms with van der Waals surface area (Å²) in [5.41, 5.74) is 9.95. The average molecular weight is 549 g/mol. The van der Waals surface area contributed by atoms with E-state index in [1.165, 1.54) is 10.8 Å². The molecule has 3 heterocycles. The summed E-state index contributed by atoms with van der Waals surface area (Å²) < 4.78 is 13.4. The number of para-hydroxylation sites is 1. The number of nitrogens with zero attached hydrogens (tertiary/aromatic N) is 3. The van der Waals surface area contributed by atoms with Crippen molar-refractivity contribution in [2.75, 3.05) is 31.7 Å². The van der Waals surface area contributed by atoms with E-state index in [0.717, 1.165) is 16.9 Å². The number of hydrogen-bond acceptors (Lipinski definition) is 7. The first kappa shape index (κ1) is 25.9. The number of hydrogen-bond donors (Lipinski definition) is 3. The van der Waals surface area contributed by atoms with Crippen molar-refractivity contribution in [3.8, 4) is 34.2 Å². The van der Waals surface area contributed by atoms with Gasteiger partial charge in [-0.05, 0) is 62.1 Å². The van der Waals surface area contributed by atoms with Gasteiger partial charge in [-0.15, -0.1) is 0 Å². The summed E-state index contributed by atoms with van der Waals surface area (Å²) in [7, 11) is 3.86. The van der Waals surface area contributed by atoms with E-state index in [9.17, 15) is 9.59 Å². The summed E-state index contributed by atoms with van der Waals surface area (Å²) in [6.07, 6.45) is 3.30. The quantitative estimate of drug-likeness (QED) is 0.252. The van der Waals surface area contributed by atoms with E-state index in [1.807, 2.05) is 91.8 Å². The van der Waals surface area contributed by atoms with E-state index in [4.69, 9.17) is 20.3 Å². The molecule has 0 saturated carbocycles. The van der Waals surface area contributed by atoms with Crippen molar-refractivity contribution in [1.82, 2.24) is 19.7 Å². The highest BCUT2D eigenvalue weighted by Crippen LogP contribution is 2.43. The van der Waals surface area contributed by atoms with Crippen LogP contribution in [0.15, 0.2) is 89.7 Å². The van der Waals surface area contributed by atoms with E-state index < -0.39 is 5.56 Å². The first-order chi connectivity index (χ1) is 19.9. The highest BCUT2D eigenvalue weighted by atomic mass is 16.5. The first-order valence-electron chi connectivity index (χ1n) is 13.0. The Labute approximate surface area is 235 Å². The van der Waals surface area contributed by atoms with Crippen LogP contribution in [-0.2, 0) is 11.4 Å². The van der Waals surface area contributed by atoms with Crippen LogP contribution in [0.4, 0.5) is 11.5 Å². The number of H-pyrrole nitrogens is 1. The summed E-state index contributed by atoms with van der Waals surface area (Å²) >= 11 is 0. The second kappa shape index (κ2) is 10.7. The average Bonchev–Trinajstić information content (AvgIpc) is 3.31. The lowest BCUT2D eigenvalue weighted by molar-refractivity contribution is -0.111. The van der Waals surface area contributed by atoms with Crippen molar-refractivity contribution < 1.29 is 14.3 Å². The maximum atomic E-state index is 13.1. The predicted octanol–water partition coefficient (Wildman–Crippen LogP) is 4.70. The normalized spacial score (nSPS) is 12.3. The molecule has 0 saturated heterocycles. The van der Waals surface area contributed by atoms with E-state index in [2.05, 4.69) is 10.3 Å². The Bertz CT molecular complexity index is 1840. The van der Waals surface area contributed by atoms with Crippen molar-refractivity contribution in [2.45, 2.75) is 6.61 Å². The SMILES string of the molecule is CN(C)C/C=C/C(=O)Nc1cccc2c1COc1[nH]c(=O)c3c(N)n(-c4ccc(Oc5ccccc5)cc4)nc3c1-2. The zero-order valence-electron chi connectivity index (χ0n) is 22.5. The minimum absolute atomic E-state index is 0.167. The molecular weight excluding hydrogens is 520 g/mol. The molecule has 1 aliphatic heterocycles. The number of amides is 1. The van der Waals surface area contributed by atoms with Crippen LogP contribution in [0.3, 0.4) is 0 Å². The Morgan fingerprint density at radius 1 is 1.10 bits per heavy atom. The van der Waals surface area contributed by atoms with Crippen molar-refractivity contribution in [2.24, 2.45) is 0 Å².